The summed E-state index contributed by atoms with van der Waals surface area (Å²) in [7, 11) is 0. The van der Waals surface area contributed by atoms with Gasteiger partial charge in [0.2, 0.25) is 5.49 Å². The second-order valence-electron chi connectivity index (χ2n) is 3.56. The zero-order chi connectivity index (χ0) is 11.0. The Bertz CT molecular complexity index is 433. The fourth-order valence-electron chi connectivity index (χ4n) is 1.71. The Morgan fingerprint density at radius 1 is 1.27 bits per heavy atom. The lowest BCUT2D eigenvalue weighted by molar-refractivity contribution is 0.177. The van der Waals surface area contributed by atoms with Gasteiger partial charge in [0.1, 0.15) is 0 Å². The van der Waals surface area contributed by atoms with Crippen LogP contribution in [0.3, 0.4) is 0 Å². The van der Waals surface area contributed by atoms with Crippen molar-refractivity contribution in [2.45, 2.75) is 12.8 Å². The SMILES string of the molecule is N=c1c(N)nc(N2CCCC2)c(N)n1O. The molecule has 2 rings (SSSR count). The average molecular weight is 210 g/mol. The van der Waals surface area contributed by atoms with Gasteiger partial charge in [0.15, 0.2) is 17.5 Å². The molecular weight excluding hydrogens is 196 g/mol. The number of hydrogen-bond donors (Lipinski definition) is 4. The van der Waals surface area contributed by atoms with E-state index in [1.165, 1.54) is 0 Å². The van der Waals surface area contributed by atoms with E-state index < -0.39 is 0 Å². The number of aromatic nitrogens is 2. The van der Waals surface area contributed by atoms with Crippen molar-refractivity contribution in [3.63, 3.8) is 0 Å². The highest BCUT2D eigenvalue weighted by atomic mass is 16.5. The molecular formula is C8H14N6O. The third-order valence-electron chi connectivity index (χ3n) is 2.54. The predicted octanol–water partition coefficient (Wildman–Crippen LogP) is -0.636. The first-order valence-electron chi connectivity index (χ1n) is 4.78. The van der Waals surface area contributed by atoms with Crippen LogP contribution < -0.4 is 21.9 Å². The number of nitrogen functional groups attached to an aromatic ring is 2. The maximum Gasteiger partial charge on any atom is 0.205 e. The van der Waals surface area contributed by atoms with Gasteiger partial charge in [0.05, 0.1) is 0 Å². The van der Waals surface area contributed by atoms with Crippen molar-refractivity contribution in [1.29, 1.82) is 5.41 Å². The first-order chi connectivity index (χ1) is 7.11. The summed E-state index contributed by atoms with van der Waals surface area (Å²) in [6, 6.07) is 0. The summed E-state index contributed by atoms with van der Waals surface area (Å²) >= 11 is 0. The summed E-state index contributed by atoms with van der Waals surface area (Å²) in [5.41, 5.74) is 10.9. The Hall–Kier alpha value is -1.92. The average Bonchev–Trinajstić information content (AvgIpc) is 2.73. The van der Waals surface area contributed by atoms with Gasteiger partial charge in [0.25, 0.3) is 0 Å². The maximum absolute atomic E-state index is 9.49. The predicted molar refractivity (Wildman–Crippen MR) is 55.5 cm³/mol. The van der Waals surface area contributed by atoms with Crippen LogP contribution in [0.15, 0.2) is 0 Å². The number of nitrogens with two attached hydrogens (primary N) is 2. The first-order valence-corrected chi connectivity index (χ1v) is 4.78. The van der Waals surface area contributed by atoms with E-state index in [0.29, 0.717) is 10.5 Å². The van der Waals surface area contributed by atoms with Gasteiger partial charge in [-0.3, -0.25) is 5.41 Å². The monoisotopic (exact) mass is 210 g/mol. The molecule has 1 aromatic rings. The van der Waals surface area contributed by atoms with Crippen LogP contribution in [0.5, 0.6) is 0 Å². The third-order valence-corrected chi connectivity index (χ3v) is 2.54. The van der Waals surface area contributed by atoms with Gasteiger partial charge >= 0.3 is 0 Å². The molecule has 0 radical (unpaired) electrons. The highest BCUT2D eigenvalue weighted by molar-refractivity contribution is 5.60. The molecule has 0 amide bonds. The Morgan fingerprint density at radius 2 is 1.87 bits per heavy atom. The van der Waals surface area contributed by atoms with Crippen molar-refractivity contribution < 1.29 is 5.21 Å². The van der Waals surface area contributed by atoms with Crippen LogP contribution >= 0.6 is 0 Å². The van der Waals surface area contributed by atoms with Crippen LogP contribution in [0.1, 0.15) is 12.8 Å². The number of nitrogens with one attached hydrogen (secondary N) is 1. The van der Waals surface area contributed by atoms with Crippen LogP contribution in [-0.4, -0.2) is 28.0 Å². The molecule has 1 fully saturated rings. The van der Waals surface area contributed by atoms with Gasteiger partial charge in [-0.1, -0.05) is 0 Å². The molecule has 1 aromatic heterocycles. The molecule has 1 aliphatic rings. The molecule has 1 saturated heterocycles. The minimum absolute atomic E-state index is 0.0198. The lowest BCUT2D eigenvalue weighted by Crippen LogP contribution is -2.30. The Balaban J connectivity index is 2.52. The molecule has 0 aliphatic carbocycles. The Labute approximate surface area is 86.4 Å². The Morgan fingerprint density at radius 3 is 2.47 bits per heavy atom. The van der Waals surface area contributed by atoms with Gasteiger partial charge in [-0.2, -0.15) is 0 Å². The van der Waals surface area contributed by atoms with Gasteiger partial charge < -0.3 is 21.6 Å². The van der Waals surface area contributed by atoms with E-state index in [1.54, 1.807) is 0 Å². The summed E-state index contributed by atoms with van der Waals surface area (Å²) in [4.78, 5) is 5.98. The second-order valence-corrected chi connectivity index (χ2v) is 3.56. The van der Waals surface area contributed by atoms with Gasteiger partial charge in [-0.25, -0.2) is 4.98 Å². The fourth-order valence-corrected chi connectivity index (χ4v) is 1.71. The molecule has 15 heavy (non-hydrogen) atoms. The standard InChI is InChI=1S/C8H14N6O/c9-5-6(10)14(15)7(11)8(12-5)13-3-1-2-4-13/h10,15H,1-4,11H2,(H2,9,12). The smallest absolute Gasteiger partial charge is 0.205 e. The van der Waals surface area contributed by atoms with Crippen molar-refractivity contribution >= 4 is 17.5 Å². The molecule has 7 heteroatoms. The summed E-state index contributed by atoms with van der Waals surface area (Å²) in [6.45, 7) is 1.71. The second kappa shape index (κ2) is 3.34. The van der Waals surface area contributed by atoms with Crippen LogP contribution in [0.2, 0.25) is 0 Å². The number of hydrogen-bond acceptors (Lipinski definition) is 6. The summed E-state index contributed by atoms with van der Waals surface area (Å²) < 4.78 is 0.565. The zero-order valence-corrected chi connectivity index (χ0v) is 8.27. The summed E-state index contributed by atoms with van der Waals surface area (Å²) in [5.74, 6) is 0.508. The lowest BCUT2D eigenvalue weighted by atomic mass is 10.4. The van der Waals surface area contributed by atoms with Crippen molar-refractivity contribution in [2.24, 2.45) is 0 Å². The molecule has 6 N–H and O–H groups in total. The summed E-state index contributed by atoms with van der Waals surface area (Å²) in [6.07, 6.45) is 2.16. The molecule has 0 aromatic carbocycles. The third kappa shape index (κ3) is 1.45. The van der Waals surface area contributed by atoms with E-state index in [1.807, 2.05) is 4.90 Å². The van der Waals surface area contributed by atoms with Crippen molar-refractivity contribution in [3.8, 4) is 0 Å². The Kier molecular flexibility index (Phi) is 2.14. The highest BCUT2D eigenvalue weighted by Crippen LogP contribution is 2.22. The molecule has 82 valence electrons. The molecule has 0 spiro atoms. The molecule has 0 saturated carbocycles. The maximum atomic E-state index is 9.49. The van der Waals surface area contributed by atoms with E-state index in [0.717, 1.165) is 25.9 Å². The molecule has 0 atom stereocenters. The van der Waals surface area contributed by atoms with Crippen LogP contribution in [-0.2, 0) is 0 Å². The van der Waals surface area contributed by atoms with E-state index in [-0.39, 0.29) is 17.1 Å². The van der Waals surface area contributed by atoms with Crippen molar-refractivity contribution in [1.82, 2.24) is 9.71 Å². The van der Waals surface area contributed by atoms with Crippen LogP contribution in [0.25, 0.3) is 0 Å². The van der Waals surface area contributed by atoms with Gasteiger partial charge in [-0.05, 0) is 12.8 Å². The number of anilines is 3. The lowest BCUT2D eigenvalue weighted by Gasteiger charge is -2.19. The normalized spacial score (nSPS) is 15.9. The van der Waals surface area contributed by atoms with Crippen LogP contribution in [0, 0.1) is 5.41 Å². The molecule has 0 unspecified atom stereocenters. The van der Waals surface area contributed by atoms with Gasteiger partial charge in [0, 0.05) is 13.1 Å². The number of rotatable bonds is 1. The fraction of sp³-hybridized carbons (Fsp3) is 0.500. The minimum atomic E-state index is -0.282. The first kappa shape index (κ1) is 9.63. The van der Waals surface area contributed by atoms with E-state index in [9.17, 15) is 5.21 Å². The largest absolute Gasteiger partial charge is 0.425 e. The van der Waals surface area contributed by atoms with E-state index in [4.69, 9.17) is 16.9 Å². The molecule has 1 aliphatic heterocycles. The highest BCUT2D eigenvalue weighted by Gasteiger charge is 2.19. The molecule has 2 heterocycles. The van der Waals surface area contributed by atoms with Crippen molar-refractivity contribution in [3.05, 3.63) is 5.49 Å². The van der Waals surface area contributed by atoms with E-state index in [2.05, 4.69) is 4.98 Å². The number of nitrogens with zero attached hydrogens (tertiary/aromatic N) is 3. The van der Waals surface area contributed by atoms with Gasteiger partial charge in [-0.15, -0.1) is 4.73 Å². The van der Waals surface area contributed by atoms with E-state index >= 15 is 0 Å². The molecule has 0 bridgehead atoms. The topological polar surface area (TPSA) is 117 Å². The van der Waals surface area contributed by atoms with Crippen LogP contribution in [0.4, 0.5) is 17.5 Å². The minimum Gasteiger partial charge on any atom is -0.425 e. The van der Waals surface area contributed by atoms with Crippen molar-refractivity contribution in [2.75, 3.05) is 29.5 Å². The summed E-state index contributed by atoms with van der Waals surface area (Å²) in [5, 5.41) is 16.9. The zero-order valence-electron chi connectivity index (χ0n) is 8.27. The quantitative estimate of drug-likeness (QED) is 0.460. The molecule has 7 nitrogen and oxygen atoms in total.